The second kappa shape index (κ2) is 4.98. The second-order valence-electron chi connectivity index (χ2n) is 5.97. The standard InChI is InChI=1S/C16H20N2O3/c1-9(2)7-18-12-6-14-13(20-8-21-14)5-11(12)17-15(10(3)4)16(18)19/h5-6,10,15,17H,1,7-8H2,2-4H3. The topological polar surface area (TPSA) is 50.8 Å². The van der Waals surface area contributed by atoms with Crippen LogP contribution in [0.25, 0.3) is 0 Å². The van der Waals surface area contributed by atoms with Crippen molar-refractivity contribution in [3.63, 3.8) is 0 Å². The molecule has 0 bridgehead atoms. The number of benzene rings is 1. The first-order valence-corrected chi connectivity index (χ1v) is 7.13. The van der Waals surface area contributed by atoms with Gasteiger partial charge in [0.05, 0.1) is 11.4 Å². The van der Waals surface area contributed by atoms with E-state index in [1.807, 2.05) is 32.9 Å². The lowest BCUT2D eigenvalue weighted by Gasteiger charge is -2.37. The molecule has 2 aliphatic rings. The van der Waals surface area contributed by atoms with E-state index < -0.39 is 0 Å². The van der Waals surface area contributed by atoms with Gasteiger partial charge in [0.15, 0.2) is 11.5 Å². The third-order valence-corrected chi connectivity index (χ3v) is 3.72. The van der Waals surface area contributed by atoms with Gasteiger partial charge >= 0.3 is 0 Å². The zero-order valence-electron chi connectivity index (χ0n) is 12.6. The molecule has 0 saturated heterocycles. The summed E-state index contributed by atoms with van der Waals surface area (Å²) in [5.41, 5.74) is 2.67. The average molecular weight is 288 g/mol. The van der Waals surface area contributed by atoms with Gasteiger partial charge in [-0.25, -0.2) is 0 Å². The zero-order valence-corrected chi connectivity index (χ0v) is 12.6. The highest BCUT2D eigenvalue weighted by Crippen LogP contribution is 2.43. The molecule has 5 heteroatoms. The minimum Gasteiger partial charge on any atom is -0.454 e. The third kappa shape index (κ3) is 2.33. The SMILES string of the molecule is C=C(C)CN1C(=O)C(C(C)C)Nc2cc3c(cc21)OCO3. The normalized spacial score (nSPS) is 19.5. The van der Waals surface area contributed by atoms with Gasteiger partial charge in [-0.2, -0.15) is 0 Å². The monoisotopic (exact) mass is 288 g/mol. The van der Waals surface area contributed by atoms with E-state index in [9.17, 15) is 4.79 Å². The van der Waals surface area contributed by atoms with E-state index in [1.165, 1.54) is 0 Å². The Balaban J connectivity index is 2.07. The summed E-state index contributed by atoms with van der Waals surface area (Å²) in [6, 6.07) is 3.53. The minimum absolute atomic E-state index is 0.0689. The maximum Gasteiger partial charge on any atom is 0.250 e. The van der Waals surface area contributed by atoms with E-state index in [0.717, 1.165) is 16.9 Å². The molecule has 1 aromatic rings. The van der Waals surface area contributed by atoms with Crippen LogP contribution < -0.4 is 19.7 Å². The van der Waals surface area contributed by atoms with Crippen molar-refractivity contribution in [2.24, 2.45) is 5.92 Å². The molecule has 0 fully saturated rings. The van der Waals surface area contributed by atoms with Crippen LogP contribution >= 0.6 is 0 Å². The van der Waals surface area contributed by atoms with Crippen LogP contribution in [0, 0.1) is 5.92 Å². The van der Waals surface area contributed by atoms with Crippen LogP contribution in [0.1, 0.15) is 20.8 Å². The lowest BCUT2D eigenvalue weighted by atomic mass is 9.98. The minimum atomic E-state index is -0.239. The molecule has 0 radical (unpaired) electrons. The molecule has 2 aliphatic heterocycles. The summed E-state index contributed by atoms with van der Waals surface area (Å²) in [6.07, 6.45) is 0. The second-order valence-corrected chi connectivity index (χ2v) is 5.97. The molecular formula is C16H20N2O3. The van der Waals surface area contributed by atoms with Gasteiger partial charge in [0.2, 0.25) is 12.7 Å². The van der Waals surface area contributed by atoms with Gasteiger partial charge in [0.1, 0.15) is 6.04 Å². The van der Waals surface area contributed by atoms with Crippen LogP contribution in [-0.4, -0.2) is 25.3 Å². The van der Waals surface area contributed by atoms with Gasteiger partial charge in [-0.3, -0.25) is 4.79 Å². The number of amides is 1. The van der Waals surface area contributed by atoms with Crippen molar-refractivity contribution in [1.29, 1.82) is 0 Å². The third-order valence-electron chi connectivity index (χ3n) is 3.72. The highest BCUT2D eigenvalue weighted by atomic mass is 16.7. The summed E-state index contributed by atoms with van der Waals surface area (Å²) in [5, 5.41) is 3.32. The van der Waals surface area contributed by atoms with Gasteiger partial charge < -0.3 is 19.7 Å². The fourth-order valence-corrected chi connectivity index (χ4v) is 2.67. The summed E-state index contributed by atoms with van der Waals surface area (Å²) >= 11 is 0. The Morgan fingerprint density at radius 3 is 2.71 bits per heavy atom. The Morgan fingerprint density at radius 2 is 2.10 bits per heavy atom. The van der Waals surface area contributed by atoms with Crippen LogP contribution in [0.15, 0.2) is 24.3 Å². The highest BCUT2D eigenvalue weighted by molar-refractivity contribution is 6.06. The van der Waals surface area contributed by atoms with Crippen LogP contribution in [0.5, 0.6) is 11.5 Å². The van der Waals surface area contributed by atoms with Crippen molar-refractivity contribution < 1.29 is 14.3 Å². The lowest BCUT2D eigenvalue weighted by molar-refractivity contribution is -0.120. The molecule has 1 N–H and O–H groups in total. The number of carbonyl (C=O) groups excluding carboxylic acids is 1. The number of hydrogen-bond donors (Lipinski definition) is 1. The van der Waals surface area contributed by atoms with Crippen molar-refractivity contribution >= 4 is 17.3 Å². The zero-order chi connectivity index (χ0) is 15.1. The molecule has 21 heavy (non-hydrogen) atoms. The number of nitrogens with zero attached hydrogens (tertiary/aromatic N) is 1. The largest absolute Gasteiger partial charge is 0.454 e. The van der Waals surface area contributed by atoms with Gasteiger partial charge in [-0.1, -0.05) is 26.0 Å². The quantitative estimate of drug-likeness (QED) is 0.869. The summed E-state index contributed by atoms with van der Waals surface area (Å²) in [7, 11) is 0. The molecule has 0 aromatic heterocycles. The predicted molar refractivity (Wildman–Crippen MR) is 82.0 cm³/mol. The molecule has 0 aliphatic carbocycles. The molecule has 2 heterocycles. The number of carbonyl (C=O) groups is 1. The number of anilines is 2. The van der Waals surface area contributed by atoms with E-state index in [-0.39, 0.29) is 24.7 Å². The summed E-state index contributed by atoms with van der Waals surface area (Å²) in [4.78, 5) is 14.5. The van der Waals surface area contributed by atoms with Gasteiger partial charge in [-0.05, 0) is 12.8 Å². The lowest BCUT2D eigenvalue weighted by Crippen LogP contribution is -2.50. The fraction of sp³-hybridized carbons (Fsp3) is 0.438. The molecule has 112 valence electrons. The Labute approximate surface area is 124 Å². The van der Waals surface area contributed by atoms with E-state index >= 15 is 0 Å². The van der Waals surface area contributed by atoms with Crippen LogP contribution in [0.3, 0.4) is 0 Å². The number of nitrogens with one attached hydrogen (secondary N) is 1. The molecule has 5 nitrogen and oxygen atoms in total. The summed E-state index contributed by atoms with van der Waals surface area (Å²) < 4.78 is 10.8. The van der Waals surface area contributed by atoms with E-state index in [1.54, 1.807) is 4.90 Å². The van der Waals surface area contributed by atoms with Gasteiger partial charge in [0.25, 0.3) is 0 Å². The first-order valence-electron chi connectivity index (χ1n) is 7.13. The fourth-order valence-electron chi connectivity index (χ4n) is 2.67. The Kier molecular flexibility index (Phi) is 3.27. The molecule has 1 unspecified atom stereocenters. The maximum absolute atomic E-state index is 12.7. The Morgan fingerprint density at radius 1 is 1.43 bits per heavy atom. The van der Waals surface area contributed by atoms with Crippen molar-refractivity contribution in [1.82, 2.24) is 0 Å². The van der Waals surface area contributed by atoms with E-state index in [2.05, 4.69) is 11.9 Å². The highest BCUT2D eigenvalue weighted by Gasteiger charge is 2.35. The predicted octanol–water partition coefficient (Wildman–Crippen LogP) is 2.77. The first kappa shape index (κ1) is 13.8. The molecule has 0 saturated carbocycles. The maximum atomic E-state index is 12.7. The molecule has 1 atom stereocenters. The van der Waals surface area contributed by atoms with Crippen molar-refractivity contribution in [3.8, 4) is 11.5 Å². The van der Waals surface area contributed by atoms with Crippen molar-refractivity contribution in [3.05, 3.63) is 24.3 Å². The smallest absolute Gasteiger partial charge is 0.250 e. The Hall–Kier alpha value is -2.17. The molecule has 3 rings (SSSR count). The van der Waals surface area contributed by atoms with Crippen molar-refractivity contribution in [2.75, 3.05) is 23.6 Å². The van der Waals surface area contributed by atoms with Gasteiger partial charge in [-0.15, -0.1) is 0 Å². The number of hydrogen-bond acceptors (Lipinski definition) is 4. The van der Waals surface area contributed by atoms with Gasteiger partial charge in [0, 0.05) is 18.7 Å². The Bertz CT molecular complexity index is 610. The van der Waals surface area contributed by atoms with E-state index in [4.69, 9.17) is 9.47 Å². The van der Waals surface area contributed by atoms with Crippen molar-refractivity contribution in [2.45, 2.75) is 26.8 Å². The number of rotatable bonds is 3. The van der Waals surface area contributed by atoms with Crippen LogP contribution in [-0.2, 0) is 4.79 Å². The molecule has 1 amide bonds. The molecular weight excluding hydrogens is 268 g/mol. The summed E-state index contributed by atoms with van der Waals surface area (Å²) in [6.45, 7) is 10.7. The van der Waals surface area contributed by atoms with E-state index in [0.29, 0.717) is 18.0 Å². The first-order chi connectivity index (χ1) is 9.97. The molecule has 0 spiro atoms. The average Bonchev–Trinajstić information content (AvgIpc) is 2.86. The van der Waals surface area contributed by atoms with Crippen LogP contribution in [0.4, 0.5) is 11.4 Å². The van der Waals surface area contributed by atoms with Crippen LogP contribution in [0.2, 0.25) is 0 Å². The summed E-state index contributed by atoms with van der Waals surface area (Å²) in [5.74, 6) is 1.66. The number of ether oxygens (including phenoxy) is 2. The number of fused-ring (bicyclic) bond motifs is 2. The molecule has 1 aromatic carbocycles.